The lowest BCUT2D eigenvalue weighted by Crippen LogP contribution is -2.21. The minimum absolute atomic E-state index is 0.0579. The zero-order chi connectivity index (χ0) is 14.5. The van der Waals surface area contributed by atoms with E-state index in [1.807, 2.05) is 44.2 Å². The average Bonchev–Trinajstić information content (AvgIpc) is 2.40. The van der Waals surface area contributed by atoms with Gasteiger partial charge in [0.2, 0.25) is 0 Å². The van der Waals surface area contributed by atoms with Crippen molar-refractivity contribution in [3.63, 3.8) is 0 Å². The van der Waals surface area contributed by atoms with E-state index in [1.165, 1.54) is 0 Å². The average molecular weight is 335 g/mol. The summed E-state index contributed by atoms with van der Waals surface area (Å²) in [7, 11) is 0. The number of carbonyl (C=O) groups excluding carboxylic acids is 1. The summed E-state index contributed by atoms with van der Waals surface area (Å²) in [6, 6.07) is 9.42. The van der Waals surface area contributed by atoms with Crippen molar-refractivity contribution in [2.45, 2.75) is 13.8 Å². The van der Waals surface area contributed by atoms with Crippen molar-refractivity contribution >= 4 is 27.7 Å². The highest BCUT2D eigenvalue weighted by atomic mass is 79.9. The molecule has 1 aromatic carbocycles. The van der Waals surface area contributed by atoms with E-state index >= 15 is 0 Å². The van der Waals surface area contributed by atoms with Crippen LogP contribution in [0.2, 0.25) is 0 Å². The van der Waals surface area contributed by atoms with Crippen molar-refractivity contribution in [2.75, 3.05) is 11.9 Å². The van der Waals surface area contributed by atoms with Gasteiger partial charge in [-0.3, -0.25) is 4.79 Å². The van der Waals surface area contributed by atoms with Gasteiger partial charge in [-0.1, -0.05) is 12.1 Å². The first-order valence-electron chi connectivity index (χ1n) is 6.16. The van der Waals surface area contributed by atoms with Gasteiger partial charge in [-0.05, 0) is 59.1 Å². The van der Waals surface area contributed by atoms with Gasteiger partial charge in [-0.2, -0.15) is 0 Å². The summed E-state index contributed by atoms with van der Waals surface area (Å²) >= 11 is 3.41. The number of pyridine rings is 1. The summed E-state index contributed by atoms with van der Waals surface area (Å²) in [5.74, 6) is 0.965. The van der Waals surface area contributed by atoms with Gasteiger partial charge in [0.05, 0.1) is 4.47 Å². The normalized spacial score (nSPS) is 10.2. The first kappa shape index (κ1) is 14.5. The maximum absolute atomic E-state index is 11.8. The molecule has 0 unspecified atom stereocenters. The van der Waals surface area contributed by atoms with Crippen LogP contribution in [-0.4, -0.2) is 17.5 Å². The van der Waals surface area contributed by atoms with Gasteiger partial charge in [0.1, 0.15) is 11.6 Å². The van der Waals surface area contributed by atoms with Crippen molar-refractivity contribution in [3.05, 3.63) is 52.1 Å². The number of amides is 1. The molecule has 20 heavy (non-hydrogen) atoms. The fourth-order valence-corrected chi connectivity index (χ4v) is 2.26. The number of ether oxygens (including phenoxy) is 1. The minimum atomic E-state index is -0.237. The molecule has 0 aliphatic carbocycles. The summed E-state index contributed by atoms with van der Waals surface area (Å²) in [6.07, 6.45) is 1.64. The molecule has 0 saturated heterocycles. The third-order valence-electron chi connectivity index (χ3n) is 2.71. The number of rotatable bonds is 4. The molecule has 5 heteroatoms. The molecule has 104 valence electrons. The third kappa shape index (κ3) is 3.81. The molecule has 1 amide bonds. The second kappa shape index (κ2) is 6.52. The van der Waals surface area contributed by atoms with Crippen LogP contribution in [0.5, 0.6) is 5.75 Å². The number of benzene rings is 1. The zero-order valence-electron chi connectivity index (χ0n) is 11.3. The molecule has 0 fully saturated rings. The van der Waals surface area contributed by atoms with Crippen LogP contribution in [0.25, 0.3) is 0 Å². The van der Waals surface area contributed by atoms with E-state index in [-0.39, 0.29) is 12.5 Å². The smallest absolute Gasteiger partial charge is 0.263 e. The van der Waals surface area contributed by atoms with Gasteiger partial charge in [-0.15, -0.1) is 0 Å². The molecule has 1 N–H and O–H groups in total. The molecule has 0 aliphatic heterocycles. The van der Waals surface area contributed by atoms with Crippen molar-refractivity contribution in [1.29, 1.82) is 0 Å². The highest BCUT2D eigenvalue weighted by Gasteiger charge is 2.08. The number of aromatic nitrogens is 1. The topological polar surface area (TPSA) is 51.2 Å². The fraction of sp³-hybridized carbons (Fsp3) is 0.200. The van der Waals surface area contributed by atoms with Gasteiger partial charge < -0.3 is 10.1 Å². The maximum atomic E-state index is 11.8. The Kier molecular flexibility index (Phi) is 4.74. The van der Waals surface area contributed by atoms with E-state index in [9.17, 15) is 4.79 Å². The summed E-state index contributed by atoms with van der Waals surface area (Å²) in [6.45, 7) is 3.82. The summed E-state index contributed by atoms with van der Waals surface area (Å²) < 4.78 is 6.31. The van der Waals surface area contributed by atoms with E-state index in [0.29, 0.717) is 11.6 Å². The Morgan fingerprint density at radius 1 is 1.35 bits per heavy atom. The molecule has 0 aliphatic rings. The number of nitrogens with zero attached hydrogens (tertiary/aromatic N) is 1. The fourth-order valence-electron chi connectivity index (χ4n) is 1.65. The van der Waals surface area contributed by atoms with Gasteiger partial charge in [0, 0.05) is 6.20 Å². The van der Waals surface area contributed by atoms with E-state index in [2.05, 4.69) is 26.2 Å². The van der Waals surface area contributed by atoms with Gasteiger partial charge in [-0.25, -0.2) is 4.98 Å². The molecular formula is C15H15BrN2O2. The lowest BCUT2D eigenvalue weighted by molar-refractivity contribution is -0.118. The zero-order valence-corrected chi connectivity index (χ0v) is 12.9. The summed E-state index contributed by atoms with van der Waals surface area (Å²) in [5.41, 5.74) is 2.04. The lowest BCUT2D eigenvalue weighted by atomic mass is 10.2. The van der Waals surface area contributed by atoms with Crippen molar-refractivity contribution in [2.24, 2.45) is 0 Å². The maximum Gasteiger partial charge on any atom is 0.263 e. The Morgan fingerprint density at radius 3 is 2.85 bits per heavy atom. The van der Waals surface area contributed by atoms with E-state index in [4.69, 9.17) is 4.74 Å². The van der Waals surface area contributed by atoms with Crippen LogP contribution < -0.4 is 10.1 Å². The Hall–Kier alpha value is -1.88. The van der Waals surface area contributed by atoms with Gasteiger partial charge in [0.25, 0.3) is 5.91 Å². The number of carbonyl (C=O) groups is 1. The monoisotopic (exact) mass is 334 g/mol. The molecule has 4 nitrogen and oxygen atoms in total. The second-order valence-corrected chi connectivity index (χ2v) is 5.29. The highest BCUT2D eigenvalue weighted by molar-refractivity contribution is 9.10. The Bertz CT molecular complexity index is 629. The van der Waals surface area contributed by atoms with Crippen LogP contribution in [0, 0.1) is 13.8 Å². The third-order valence-corrected chi connectivity index (χ3v) is 3.33. The summed E-state index contributed by atoms with van der Waals surface area (Å²) in [5, 5.41) is 2.72. The summed E-state index contributed by atoms with van der Waals surface area (Å²) in [4.78, 5) is 15.9. The van der Waals surface area contributed by atoms with Crippen molar-refractivity contribution < 1.29 is 9.53 Å². The van der Waals surface area contributed by atoms with Crippen molar-refractivity contribution in [3.8, 4) is 5.75 Å². The van der Waals surface area contributed by atoms with Crippen LogP contribution in [0.1, 0.15) is 11.1 Å². The number of nitrogens with one attached hydrogen (secondary N) is 1. The predicted octanol–water partition coefficient (Wildman–Crippen LogP) is 3.48. The number of hydrogen-bond acceptors (Lipinski definition) is 3. The molecule has 1 aromatic heterocycles. The lowest BCUT2D eigenvalue weighted by Gasteiger charge is -2.10. The Labute approximate surface area is 126 Å². The first-order valence-corrected chi connectivity index (χ1v) is 6.96. The SMILES string of the molecule is Cc1ccc(OCC(=O)Nc2ncccc2C)c(Br)c1. The minimum Gasteiger partial charge on any atom is -0.483 e. The second-order valence-electron chi connectivity index (χ2n) is 4.44. The van der Waals surface area contributed by atoms with Crippen LogP contribution >= 0.6 is 15.9 Å². The number of anilines is 1. The van der Waals surface area contributed by atoms with Crippen LogP contribution in [-0.2, 0) is 4.79 Å². The largest absolute Gasteiger partial charge is 0.483 e. The van der Waals surface area contributed by atoms with Crippen LogP contribution in [0.4, 0.5) is 5.82 Å². The van der Waals surface area contributed by atoms with E-state index in [1.54, 1.807) is 6.20 Å². The molecule has 2 aromatic rings. The molecule has 1 heterocycles. The molecule has 2 rings (SSSR count). The standard InChI is InChI=1S/C15H15BrN2O2/c1-10-5-6-13(12(16)8-10)20-9-14(19)18-15-11(2)4-3-7-17-15/h3-8H,9H2,1-2H3,(H,17,18,19). The Balaban J connectivity index is 1.94. The molecule has 0 bridgehead atoms. The Morgan fingerprint density at radius 2 is 2.15 bits per heavy atom. The van der Waals surface area contributed by atoms with Crippen LogP contribution in [0.15, 0.2) is 41.0 Å². The van der Waals surface area contributed by atoms with Gasteiger partial charge >= 0.3 is 0 Å². The number of halogens is 1. The number of aryl methyl sites for hydroxylation is 2. The molecule has 0 saturated carbocycles. The highest BCUT2D eigenvalue weighted by Crippen LogP contribution is 2.25. The molecular weight excluding hydrogens is 320 g/mol. The predicted molar refractivity (Wildman–Crippen MR) is 82.0 cm³/mol. The van der Waals surface area contributed by atoms with Crippen LogP contribution in [0.3, 0.4) is 0 Å². The van der Waals surface area contributed by atoms with E-state index in [0.717, 1.165) is 15.6 Å². The quantitative estimate of drug-likeness (QED) is 0.931. The molecule has 0 spiro atoms. The number of hydrogen-bond donors (Lipinski definition) is 1. The van der Waals surface area contributed by atoms with Gasteiger partial charge in [0.15, 0.2) is 6.61 Å². The first-order chi connectivity index (χ1) is 9.56. The van der Waals surface area contributed by atoms with Crippen molar-refractivity contribution in [1.82, 2.24) is 4.98 Å². The molecule has 0 radical (unpaired) electrons. The van der Waals surface area contributed by atoms with E-state index < -0.39 is 0 Å². The molecule has 0 atom stereocenters.